The third-order valence-electron chi connectivity index (χ3n) is 5.46. The molecule has 4 aromatic rings. The Hall–Kier alpha value is -4.78. The Bertz CT molecular complexity index is 1250. The number of carbonyl (C=O) groups excluding carboxylic acids is 2. The van der Waals surface area contributed by atoms with Crippen LogP contribution in [0.4, 0.5) is 0 Å². The molecule has 0 atom stereocenters. The van der Waals surface area contributed by atoms with Crippen LogP contribution in [-0.4, -0.2) is 26.2 Å². The van der Waals surface area contributed by atoms with E-state index >= 15 is 0 Å². The number of methoxy groups -OCH3 is 2. The van der Waals surface area contributed by atoms with Crippen molar-refractivity contribution in [3.63, 3.8) is 0 Å². The van der Waals surface area contributed by atoms with Crippen LogP contribution in [0.1, 0.15) is 31.8 Å². The first-order chi connectivity index (χ1) is 18.1. The minimum Gasteiger partial charge on any atom is -0.493 e. The van der Waals surface area contributed by atoms with E-state index in [-0.39, 0.29) is 24.3 Å². The van der Waals surface area contributed by atoms with Gasteiger partial charge < -0.3 is 23.7 Å². The second kappa shape index (κ2) is 12.3. The number of ether oxygens (including phenoxy) is 5. The van der Waals surface area contributed by atoms with Crippen LogP contribution in [0.25, 0.3) is 0 Å². The second-order valence-electron chi connectivity index (χ2n) is 7.96. The van der Waals surface area contributed by atoms with Gasteiger partial charge in [0.1, 0.15) is 13.2 Å². The van der Waals surface area contributed by atoms with Gasteiger partial charge in [0.05, 0.1) is 25.3 Å². The number of rotatable bonds is 10. The Balaban J connectivity index is 1.45. The predicted molar refractivity (Wildman–Crippen MR) is 137 cm³/mol. The zero-order chi connectivity index (χ0) is 26.0. The average Bonchev–Trinajstić information content (AvgIpc) is 2.95. The Labute approximate surface area is 215 Å². The minimum absolute atomic E-state index is 0.145. The van der Waals surface area contributed by atoms with Gasteiger partial charge >= 0.3 is 11.9 Å². The monoisotopic (exact) mass is 498 g/mol. The summed E-state index contributed by atoms with van der Waals surface area (Å²) in [6.07, 6.45) is 0. The van der Waals surface area contributed by atoms with Gasteiger partial charge in [-0.3, -0.25) is 0 Å². The maximum Gasteiger partial charge on any atom is 0.346 e. The third-order valence-corrected chi connectivity index (χ3v) is 5.46. The molecule has 0 radical (unpaired) electrons. The molecular weight excluding hydrogens is 472 g/mol. The smallest absolute Gasteiger partial charge is 0.346 e. The molecule has 0 aliphatic carbocycles. The summed E-state index contributed by atoms with van der Waals surface area (Å²) in [5.41, 5.74) is 2.20. The first-order valence-corrected chi connectivity index (χ1v) is 11.5. The standard InChI is InChI=1S/C30H26O7/c1-33-25-15-13-23(17-27(25)35-19-21-9-5-3-6-10-21)29(31)37-30(32)24-14-16-26(34-2)28(18-24)36-20-22-11-7-4-8-12-22/h3-18H,19-20H2,1-2H3. The lowest BCUT2D eigenvalue weighted by Gasteiger charge is -2.13. The van der Waals surface area contributed by atoms with Crippen LogP contribution in [0, 0.1) is 0 Å². The van der Waals surface area contributed by atoms with E-state index in [4.69, 9.17) is 23.7 Å². The first kappa shape index (κ1) is 25.3. The molecule has 4 rings (SSSR count). The van der Waals surface area contributed by atoms with E-state index in [1.54, 1.807) is 12.1 Å². The molecule has 4 aromatic carbocycles. The summed E-state index contributed by atoms with van der Waals surface area (Å²) in [6.45, 7) is 0.568. The van der Waals surface area contributed by atoms with Crippen LogP contribution in [0.15, 0.2) is 97.1 Å². The third kappa shape index (κ3) is 6.67. The van der Waals surface area contributed by atoms with E-state index in [1.165, 1.54) is 38.5 Å². The molecule has 0 N–H and O–H groups in total. The van der Waals surface area contributed by atoms with Gasteiger partial charge in [-0.1, -0.05) is 60.7 Å². The Morgan fingerprint density at radius 2 is 0.946 bits per heavy atom. The molecule has 7 nitrogen and oxygen atoms in total. The highest BCUT2D eigenvalue weighted by molar-refractivity contribution is 6.03. The van der Waals surface area contributed by atoms with Crippen LogP contribution in [0.3, 0.4) is 0 Å². The predicted octanol–water partition coefficient (Wildman–Crippen LogP) is 5.86. The fourth-order valence-electron chi connectivity index (χ4n) is 3.51. The minimum atomic E-state index is -0.820. The van der Waals surface area contributed by atoms with Crippen LogP contribution in [0.5, 0.6) is 23.0 Å². The summed E-state index contributed by atoms with van der Waals surface area (Å²) in [7, 11) is 3.01. The van der Waals surface area contributed by atoms with Crippen molar-refractivity contribution >= 4 is 11.9 Å². The van der Waals surface area contributed by atoms with Crippen LogP contribution >= 0.6 is 0 Å². The van der Waals surface area contributed by atoms with E-state index in [0.717, 1.165) is 11.1 Å². The summed E-state index contributed by atoms with van der Waals surface area (Å²) < 4.78 is 27.5. The maximum absolute atomic E-state index is 12.8. The van der Waals surface area contributed by atoms with Crippen molar-refractivity contribution in [1.82, 2.24) is 0 Å². The highest BCUT2D eigenvalue weighted by atomic mass is 16.6. The van der Waals surface area contributed by atoms with Crippen molar-refractivity contribution in [2.24, 2.45) is 0 Å². The number of esters is 2. The van der Waals surface area contributed by atoms with Gasteiger partial charge in [0.15, 0.2) is 23.0 Å². The van der Waals surface area contributed by atoms with Crippen molar-refractivity contribution in [2.45, 2.75) is 13.2 Å². The quantitative estimate of drug-likeness (QED) is 0.200. The summed E-state index contributed by atoms with van der Waals surface area (Å²) in [6, 6.07) is 28.3. The lowest BCUT2D eigenvalue weighted by Crippen LogP contribution is -2.13. The SMILES string of the molecule is COc1ccc(C(=O)OC(=O)c2ccc(OC)c(OCc3ccccc3)c2)cc1OCc1ccccc1. The van der Waals surface area contributed by atoms with E-state index in [2.05, 4.69) is 0 Å². The van der Waals surface area contributed by atoms with Crippen LogP contribution in [-0.2, 0) is 18.0 Å². The molecule has 0 aromatic heterocycles. The topological polar surface area (TPSA) is 80.3 Å². The number of carbonyl (C=O) groups is 2. The second-order valence-corrected chi connectivity index (χ2v) is 7.96. The fraction of sp³-hybridized carbons (Fsp3) is 0.133. The first-order valence-electron chi connectivity index (χ1n) is 11.5. The van der Waals surface area contributed by atoms with Gasteiger partial charge in [0.25, 0.3) is 0 Å². The summed E-state index contributed by atoms with van der Waals surface area (Å²) in [5.74, 6) is -0.0218. The molecule has 0 spiro atoms. The molecule has 0 aliphatic rings. The van der Waals surface area contributed by atoms with Crippen molar-refractivity contribution in [3.8, 4) is 23.0 Å². The zero-order valence-corrected chi connectivity index (χ0v) is 20.5. The van der Waals surface area contributed by atoms with E-state index < -0.39 is 11.9 Å². The molecule has 0 amide bonds. The van der Waals surface area contributed by atoms with E-state index in [9.17, 15) is 9.59 Å². The molecule has 0 saturated carbocycles. The normalized spacial score (nSPS) is 10.3. The molecule has 0 fully saturated rings. The zero-order valence-electron chi connectivity index (χ0n) is 20.5. The van der Waals surface area contributed by atoms with Gasteiger partial charge in [-0.25, -0.2) is 9.59 Å². The van der Waals surface area contributed by atoms with Gasteiger partial charge in [0.2, 0.25) is 0 Å². The molecular formula is C30H26O7. The molecule has 37 heavy (non-hydrogen) atoms. The molecule has 7 heteroatoms. The summed E-state index contributed by atoms with van der Waals surface area (Å²) in [4.78, 5) is 25.6. The molecule has 0 heterocycles. The summed E-state index contributed by atoms with van der Waals surface area (Å²) in [5, 5.41) is 0. The van der Waals surface area contributed by atoms with Gasteiger partial charge in [-0.05, 0) is 47.5 Å². The van der Waals surface area contributed by atoms with Gasteiger partial charge in [-0.2, -0.15) is 0 Å². The molecule has 0 aliphatic heterocycles. The molecule has 0 saturated heterocycles. The van der Waals surface area contributed by atoms with Crippen LogP contribution in [0.2, 0.25) is 0 Å². The van der Waals surface area contributed by atoms with Crippen LogP contribution < -0.4 is 18.9 Å². The lowest BCUT2D eigenvalue weighted by atomic mass is 10.2. The number of benzene rings is 4. The largest absolute Gasteiger partial charge is 0.493 e. The molecule has 0 bridgehead atoms. The van der Waals surface area contributed by atoms with Crippen molar-refractivity contribution < 1.29 is 33.3 Å². The molecule has 0 unspecified atom stereocenters. The van der Waals surface area contributed by atoms with Crippen molar-refractivity contribution in [1.29, 1.82) is 0 Å². The number of hydrogen-bond acceptors (Lipinski definition) is 7. The highest BCUT2D eigenvalue weighted by Gasteiger charge is 2.19. The Morgan fingerprint density at radius 1 is 0.541 bits per heavy atom. The lowest BCUT2D eigenvalue weighted by molar-refractivity contribution is 0.0397. The summed E-state index contributed by atoms with van der Waals surface area (Å²) >= 11 is 0. The van der Waals surface area contributed by atoms with E-state index in [1.807, 2.05) is 60.7 Å². The van der Waals surface area contributed by atoms with Crippen molar-refractivity contribution in [2.75, 3.05) is 14.2 Å². The Kier molecular flexibility index (Phi) is 8.39. The Morgan fingerprint density at radius 3 is 1.32 bits per heavy atom. The number of hydrogen-bond donors (Lipinski definition) is 0. The van der Waals surface area contributed by atoms with Gasteiger partial charge in [-0.15, -0.1) is 0 Å². The average molecular weight is 499 g/mol. The van der Waals surface area contributed by atoms with Gasteiger partial charge in [0, 0.05) is 0 Å². The fourth-order valence-corrected chi connectivity index (χ4v) is 3.51. The molecule has 188 valence electrons. The van der Waals surface area contributed by atoms with Crippen molar-refractivity contribution in [3.05, 3.63) is 119 Å². The van der Waals surface area contributed by atoms with E-state index in [0.29, 0.717) is 23.0 Å². The maximum atomic E-state index is 12.8. The highest BCUT2D eigenvalue weighted by Crippen LogP contribution is 2.31.